The van der Waals surface area contributed by atoms with Gasteiger partial charge in [0, 0.05) is 18.3 Å². The van der Waals surface area contributed by atoms with Crippen LogP contribution >= 0.6 is 12.2 Å². The Bertz CT molecular complexity index is 447. The molecule has 0 aliphatic carbocycles. The Kier molecular flexibility index (Phi) is 6.36. The minimum atomic E-state index is 0.326. The molecule has 0 saturated carbocycles. The number of hydrogen-bond acceptors (Lipinski definition) is 4. The van der Waals surface area contributed by atoms with Crippen LogP contribution in [0.3, 0.4) is 0 Å². The molecule has 5 heteroatoms. The number of hydrogen-bond donors (Lipinski definition) is 2. The van der Waals surface area contributed by atoms with E-state index < -0.39 is 0 Å². The van der Waals surface area contributed by atoms with Gasteiger partial charge in [-0.05, 0) is 45.5 Å². The lowest BCUT2D eigenvalue weighted by Crippen LogP contribution is -2.34. The second kappa shape index (κ2) is 7.55. The second-order valence-electron chi connectivity index (χ2n) is 5.95. The van der Waals surface area contributed by atoms with Crippen LogP contribution in [0.25, 0.3) is 0 Å². The summed E-state index contributed by atoms with van der Waals surface area (Å²) < 4.78 is 0. The molecule has 0 aromatic carbocycles. The molecule has 4 nitrogen and oxygen atoms in total. The summed E-state index contributed by atoms with van der Waals surface area (Å²) >= 11 is 5.11. The molecule has 0 bridgehead atoms. The summed E-state index contributed by atoms with van der Waals surface area (Å²) in [5.41, 5.74) is 7.56. The van der Waals surface area contributed by atoms with Crippen LogP contribution in [0.1, 0.15) is 31.5 Å². The molecule has 1 rings (SSSR count). The highest BCUT2D eigenvalue weighted by Gasteiger charge is 2.15. The lowest BCUT2D eigenvalue weighted by atomic mass is 10.0. The maximum Gasteiger partial charge on any atom is 0.136 e. The van der Waals surface area contributed by atoms with Gasteiger partial charge in [0.25, 0.3) is 0 Å². The molecule has 0 fully saturated rings. The number of aryl methyl sites for hydroxylation is 1. The third-order valence-corrected chi connectivity index (χ3v) is 3.20. The van der Waals surface area contributed by atoms with E-state index in [1.807, 2.05) is 19.1 Å². The molecule has 0 amide bonds. The summed E-state index contributed by atoms with van der Waals surface area (Å²) in [7, 11) is 4.15. The van der Waals surface area contributed by atoms with E-state index in [2.05, 4.69) is 43.1 Å². The lowest BCUT2D eigenvalue weighted by Gasteiger charge is -2.25. The van der Waals surface area contributed by atoms with Crippen molar-refractivity contribution in [3.63, 3.8) is 0 Å². The fourth-order valence-electron chi connectivity index (χ4n) is 2.25. The lowest BCUT2D eigenvalue weighted by molar-refractivity contribution is 0.356. The maximum atomic E-state index is 5.78. The van der Waals surface area contributed by atoms with Gasteiger partial charge in [-0.25, -0.2) is 4.98 Å². The molecule has 1 unspecified atom stereocenters. The highest BCUT2D eigenvalue weighted by Crippen LogP contribution is 2.17. The Hall–Kier alpha value is -1.20. The average molecular weight is 294 g/mol. The van der Waals surface area contributed by atoms with Crippen LogP contribution < -0.4 is 11.1 Å². The molecule has 3 N–H and O–H groups in total. The summed E-state index contributed by atoms with van der Waals surface area (Å²) in [6, 6.07) is 4.20. The van der Waals surface area contributed by atoms with Crippen molar-refractivity contribution in [2.24, 2.45) is 11.7 Å². The van der Waals surface area contributed by atoms with Gasteiger partial charge in [0.2, 0.25) is 0 Å². The molecular weight excluding hydrogens is 268 g/mol. The Morgan fingerprint density at radius 3 is 2.55 bits per heavy atom. The summed E-state index contributed by atoms with van der Waals surface area (Å²) in [6.45, 7) is 7.37. The van der Waals surface area contributed by atoms with Crippen LogP contribution in [-0.4, -0.2) is 41.6 Å². The Morgan fingerprint density at radius 2 is 2.05 bits per heavy atom. The molecule has 20 heavy (non-hydrogen) atoms. The number of pyridine rings is 1. The molecule has 0 radical (unpaired) electrons. The van der Waals surface area contributed by atoms with Crippen molar-refractivity contribution >= 4 is 23.0 Å². The SMILES string of the molecule is Cc1ccc(C(N)=S)c(NC(CC(C)C)CN(C)C)n1. The molecule has 1 aromatic rings. The molecular formula is C15H26N4S. The Labute approximate surface area is 127 Å². The van der Waals surface area contributed by atoms with Crippen molar-refractivity contribution in [2.75, 3.05) is 26.0 Å². The third kappa shape index (κ3) is 5.43. The first-order valence-electron chi connectivity index (χ1n) is 6.98. The average Bonchev–Trinajstić information content (AvgIpc) is 2.26. The number of nitrogens with one attached hydrogen (secondary N) is 1. The predicted octanol–water partition coefficient (Wildman–Crippen LogP) is 2.41. The summed E-state index contributed by atoms with van der Waals surface area (Å²) in [4.78, 5) is 7.11. The third-order valence-electron chi connectivity index (χ3n) is 2.98. The molecule has 0 saturated heterocycles. The standard InChI is InChI=1S/C15H26N4S/c1-10(2)8-12(9-19(4)5)18-15-13(14(16)20)7-6-11(3)17-15/h6-7,10,12H,8-9H2,1-5H3,(H2,16,20)(H,17,18). The van der Waals surface area contributed by atoms with Crippen molar-refractivity contribution in [2.45, 2.75) is 33.2 Å². The zero-order chi connectivity index (χ0) is 15.3. The van der Waals surface area contributed by atoms with Crippen molar-refractivity contribution < 1.29 is 0 Å². The van der Waals surface area contributed by atoms with Crippen LogP contribution in [-0.2, 0) is 0 Å². The van der Waals surface area contributed by atoms with E-state index in [-0.39, 0.29) is 0 Å². The molecule has 1 heterocycles. The molecule has 112 valence electrons. The smallest absolute Gasteiger partial charge is 0.136 e. The summed E-state index contributed by atoms with van der Waals surface area (Å²) in [5.74, 6) is 1.41. The highest BCUT2D eigenvalue weighted by atomic mass is 32.1. The summed E-state index contributed by atoms with van der Waals surface area (Å²) in [6.07, 6.45) is 1.07. The first-order valence-corrected chi connectivity index (χ1v) is 7.39. The number of thiocarbonyl (C=S) groups is 1. The van der Waals surface area contributed by atoms with Crippen LogP contribution in [0.5, 0.6) is 0 Å². The van der Waals surface area contributed by atoms with Gasteiger partial charge in [-0.2, -0.15) is 0 Å². The second-order valence-corrected chi connectivity index (χ2v) is 6.39. The van der Waals surface area contributed by atoms with Gasteiger partial charge in [-0.1, -0.05) is 26.1 Å². The van der Waals surface area contributed by atoms with Gasteiger partial charge >= 0.3 is 0 Å². The minimum Gasteiger partial charge on any atom is -0.389 e. The zero-order valence-electron chi connectivity index (χ0n) is 13.1. The fourth-order valence-corrected chi connectivity index (χ4v) is 2.41. The van der Waals surface area contributed by atoms with Crippen LogP contribution in [0.4, 0.5) is 5.82 Å². The minimum absolute atomic E-state index is 0.326. The number of likely N-dealkylation sites (N-methyl/N-ethyl adjacent to an activating group) is 1. The largest absolute Gasteiger partial charge is 0.389 e. The van der Waals surface area contributed by atoms with E-state index in [9.17, 15) is 0 Å². The first-order chi connectivity index (χ1) is 9.29. The van der Waals surface area contributed by atoms with Gasteiger partial charge in [0.1, 0.15) is 10.8 Å². The van der Waals surface area contributed by atoms with Gasteiger partial charge < -0.3 is 16.0 Å². The summed E-state index contributed by atoms with van der Waals surface area (Å²) in [5, 5.41) is 3.51. The normalized spacial score (nSPS) is 12.8. The number of rotatable bonds is 7. The topological polar surface area (TPSA) is 54.2 Å². The van der Waals surface area contributed by atoms with Gasteiger partial charge in [-0.15, -0.1) is 0 Å². The van der Waals surface area contributed by atoms with Crippen molar-refractivity contribution in [3.8, 4) is 0 Å². The van der Waals surface area contributed by atoms with E-state index in [0.29, 0.717) is 16.9 Å². The molecule has 1 atom stereocenters. The van der Waals surface area contributed by atoms with Crippen LogP contribution in [0.15, 0.2) is 12.1 Å². The van der Waals surface area contributed by atoms with Crippen molar-refractivity contribution in [3.05, 3.63) is 23.4 Å². The first kappa shape index (κ1) is 16.9. The van der Waals surface area contributed by atoms with Gasteiger partial charge in [0.05, 0.1) is 5.56 Å². The van der Waals surface area contributed by atoms with E-state index in [0.717, 1.165) is 30.0 Å². The molecule has 1 aromatic heterocycles. The zero-order valence-corrected chi connectivity index (χ0v) is 13.9. The number of nitrogens with two attached hydrogens (primary N) is 1. The number of anilines is 1. The highest BCUT2D eigenvalue weighted by molar-refractivity contribution is 7.80. The van der Waals surface area contributed by atoms with E-state index >= 15 is 0 Å². The van der Waals surface area contributed by atoms with Crippen LogP contribution in [0, 0.1) is 12.8 Å². The Morgan fingerprint density at radius 1 is 1.40 bits per heavy atom. The molecule has 0 aliphatic heterocycles. The number of aromatic nitrogens is 1. The van der Waals surface area contributed by atoms with Crippen molar-refractivity contribution in [1.82, 2.24) is 9.88 Å². The predicted molar refractivity (Wildman–Crippen MR) is 90.3 cm³/mol. The molecule has 0 spiro atoms. The van der Waals surface area contributed by atoms with Gasteiger partial charge in [0.15, 0.2) is 0 Å². The monoisotopic (exact) mass is 294 g/mol. The van der Waals surface area contributed by atoms with E-state index in [1.165, 1.54) is 0 Å². The molecule has 0 aliphatic rings. The van der Waals surface area contributed by atoms with Gasteiger partial charge in [-0.3, -0.25) is 0 Å². The quantitative estimate of drug-likeness (QED) is 0.756. The fraction of sp³-hybridized carbons (Fsp3) is 0.600. The number of nitrogens with zero attached hydrogens (tertiary/aromatic N) is 2. The van der Waals surface area contributed by atoms with E-state index in [4.69, 9.17) is 18.0 Å². The Balaban J connectivity index is 2.96. The van der Waals surface area contributed by atoms with Crippen LogP contribution in [0.2, 0.25) is 0 Å². The van der Waals surface area contributed by atoms with Crippen molar-refractivity contribution in [1.29, 1.82) is 0 Å². The maximum absolute atomic E-state index is 5.78. The van der Waals surface area contributed by atoms with E-state index in [1.54, 1.807) is 0 Å².